The molecule has 0 spiro atoms. The summed E-state index contributed by atoms with van der Waals surface area (Å²) < 4.78 is 0. The maximum absolute atomic E-state index is 11.6. The number of hydrogen-bond acceptors (Lipinski definition) is 6. The molecule has 2 aromatic carbocycles. The van der Waals surface area contributed by atoms with Crippen LogP contribution in [0.2, 0.25) is 0 Å². The van der Waals surface area contributed by atoms with Crippen molar-refractivity contribution in [2.45, 2.75) is 81.9 Å². The molecule has 0 aliphatic carbocycles. The molecule has 0 amide bonds. The molecule has 6 nitrogen and oxygen atoms in total. The van der Waals surface area contributed by atoms with Gasteiger partial charge in [-0.05, 0) is 34.1 Å². The van der Waals surface area contributed by atoms with E-state index in [2.05, 4.69) is 6.58 Å². The Labute approximate surface area is 202 Å². The SMILES string of the molecule is C=CC(O)(Cc1cccc(C(C)C)c1)[C@@H](O)[C@@](O)(Cc1cccc(C(C)C)c1)[C@H](O)[C@@H](O)CO. The highest BCUT2D eigenvalue weighted by molar-refractivity contribution is 5.31. The van der Waals surface area contributed by atoms with Crippen molar-refractivity contribution in [1.29, 1.82) is 0 Å². The normalized spacial score (nSPS) is 18.2. The molecule has 0 aromatic heterocycles. The van der Waals surface area contributed by atoms with Gasteiger partial charge in [0.25, 0.3) is 0 Å². The summed E-state index contributed by atoms with van der Waals surface area (Å²) in [4.78, 5) is 0. The first-order valence-corrected chi connectivity index (χ1v) is 11.8. The lowest BCUT2D eigenvalue weighted by molar-refractivity contribution is -0.218. The zero-order chi connectivity index (χ0) is 25.7. The van der Waals surface area contributed by atoms with Gasteiger partial charge >= 0.3 is 0 Å². The lowest BCUT2D eigenvalue weighted by Gasteiger charge is -2.45. The Kier molecular flexibility index (Phi) is 9.60. The summed E-state index contributed by atoms with van der Waals surface area (Å²) in [6, 6.07) is 14.9. The smallest absolute Gasteiger partial charge is 0.126 e. The molecule has 0 saturated heterocycles. The van der Waals surface area contributed by atoms with Crippen molar-refractivity contribution in [2.75, 3.05) is 6.61 Å². The molecular formula is C28H40O6. The Bertz CT molecular complexity index is 942. The van der Waals surface area contributed by atoms with Gasteiger partial charge in [0.2, 0.25) is 0 Å². The molecule has 0 fully saturated rings. The fraction of sp³-hybridized carbons (Fsp3) is 0.500. The number of aliphatic hydroxyl groups is 6. The van der Waals surface area contributed by atoms with Crippen molar-refractivity contribution in [3.05, 3.63) is 83.4 Å². The molecular weight excluding hydrogens is 432 g/mol. The van der Waals surface area contributed by atoms with Gasteiger partial charge < -0.3 is 30.6 Å². The third-order valence-electron chi connectivity index (χ3n) is 6.57. The molecule has 0 radical (unpaired) electrons. The molecule has 2 aromatic rings. The lowest BCUT2D eigenvalue weighted by atomic mass is 9.72. The molecule has 34 heavy (non-hydrogen) atoms. The second-order valence-corrected chi connectivity index (χ2v) is 9.94. The van der Waals surface area contributed by atoms with Crippen molar-refractivity contribution in [2.24, 2.45) is 0 Å². The summed E-state index contributed by atoms with van der Waals surface area (Å²) in [6.45, 7) is 11.0. The van der Waals surface area contributed by atoms with E-state index in [0.29, 0.717) is 11.1 Å². The van der Waals surface area contributed by atoms with Crippen LogP contribution in [0.5, 0.6) is 0 Å². The zero-order valence-corrected chi connectivity index (χ0v) is 20.6. The van der Waals surface area contributed by atoms with Crippen LogP contribution in [0.25, 0.3) is 0 Å². The molecule has 1 unspecified atom stereocenters. The van der Waals surface area contributed by atoms with Crippen molar-refractivity contribution in [1.82, 2.24) is 0 Å². The van der Waals surface area contributed by atoms with Crippen LogP contribution in [0.15, 0.2) is 61.2 Å². The van der Waals surface area contributed by atoms with Crippen molar-refractivity contribution in [3.63, 3.8) is 0 Å². The summed E-state index contributed by atoms with van der Waals surface area (Å²) in [7, 11) is 0. The monoisotopic (exact) mass is 472 g/mol. The zero-order valence-electron chi connectivity index (χ0n) is 20.6. The van der Waals surface area contributed by atoms with Crippen LogP contribution in [-0.2, 0) is 12.8 Å². The fourth-order valence-corrected chi connectivity index (χ4v) is 4.29. The molecule has 0 aliphatic heterocycles. The molecule has 2 rings (SSSR count). The summed E-state index contributed by atoms with van der Waals surface area (Å²) in [5, 5.41) is 64.9. The number of hydrogen-bond donors (Lipinski definition) is 6. The fourth-order valence-electron chi connectivity index (χ4n) is 4.29. The Morgan fingerprint density at radius 2 is 1.29 bits per heavy atom. The van der Waals surface area contributed by atoms with E-state index < -0.39 is 36.1 Å². The van der Waals surface area contributed by atoms with E-state index in [4.69, 9.17) is 0 Å². The van der Waals surface area contributed by atoms with Gasteiger partial charge in [-0.1, -0.05) is 82.3 Å². The van der Waals surface area contributed by atoms with E-state index in [1.165, 1.54) is 0 Å². The highest BCUT2D eigenvalue weighted by Crippen LogP contribution is 2.34. The van der Waals surface area contributed by atoms with E-state index in [9.17, 15) is 30.6 Å². The van der Waals surface area contributed by atoms with E-state index in [-0.39, 0.29) is 24.7 Å². The third kappa shape index (κ3) is 6.33. The highest BCUT2D eigenvalue weighted by atomic mass is 16.4. The Morgan fingerprint density at radius 1 is 0.824 bits per heavy atom. The van der Waals surface area contributed by atoms with Gasteiger partial charge in [0.1, 0.15) is 29.5 Å². The Balaban J connectivity index is 2.50. The lowest BCUT2D eigenvalue weighted by Crippen LogP contribution is -2.66. The molecule has 0 aliphatic rings. The van der Waals surface area contributed by atoms with Gasteiger partial charge in [0.15, 0.2) is 0 Å². The number of aliphatic hydroxyl groups excluding tert-OH is 4. The first kappa shape index (κ1) is 28.2. The summed E-state index contributed by atoms with van der Waals surface area (Å²) in [5.74, 6) is 0.470. The van der Waals surface area contributed by atoms with Gasteiger partial charge in [0.05, 0.1) is 6.61 Å². The van der Waals surface area contributed by atoms with Crippen LogP contribution < -0.4 is 0 Å². The van der Waals surface area contributed by atoms with E-state index in [1.807, 2.05) is 64.1 Å². The molecule has 0 bridgehead atoms. The Hall–Kier alpha value is -2.06. The molecule has 6 heteroatoms. The van der Waals surface area contributed by atoms with Crippen LogP contribution in [0.1, 0.15) is 61.8 Å². The summed E-state index contributed by atoms with van der Waals surface area (Å²) in [5.41, 5.74) is -1.06. The second kappa shape index (κ2) is 11.6. The van der Waals surface area contributed by atoms with Gasteiger partial charge in [-0.15, -0.1) is 6.58 Å². The Morgan fingerprint density at radius 3 is 1.71 bits per heavy atom. The molecule has 6 N–H and O–H groups in total. The quantitative estimate of drug-likeness (QED) is 0.264. The minimum absolute atomic E-state index is 0.0749. The second-order valence-electron chi connectivity index (χ2n) is 9.94. The first-order chi connectivity index (χ1) is 15.9. The van der Waals surface area contributed by atoms with Gasteiger partial charge in [-0.25, -0.2) is 0 Å². The average Bonchev–Trinajstić information content (AvgIpc) is 2.82. The van der Waals surface area contributed by atoms with Gasteiger partial charge in [-0.3, -0.25) is 0 Å². The average molecular weight is 473 g/mol. The van der Waals surface area contributed by atoms with Crippen LogP contribution in [0.4, 0.5) is 0 Å². The predicted octanol–water partition coefficient (Wildman–Crippen LogP) is 2.44. The largest absolute Gasteiger partial charge is 0.394 e. The predicted molar refractivity (Wildman–Crippen MR) is 134 cm³/mol. The molecule has 0 heterocycles. The van der Waals surface area contributed by atoms with Crippen molar-refractivity contribution in [3.8, 4) is 0 Å². The standard InChI is InChI=1S/C28H40O6/c1-6-27(33,15-20-9-7-11-22(13-20)18(2)3)26(32)28(34,25(31)24(30)17-29)16-21-10-8-12-23(14-21)19(4)5/h6-14,18-19,24-26,29-34H,1,15-17H2,2-5H3/t24-,25+,26+,27?,28+/m0/s1. The van der Waals surface area contributed by atoms with Crippen molar-refractivity contribution >= 4 is 0 Å². The van der Waals surface area contributed by atoms with E-state index in [1.54, 1.807) is 12.1 Å². The van der Waals surface area contributed by atoms with Gasteiger partial charge in [0, 0.05) is 12.8 Å². The van der Waals surface area contributed by atoms with Crippen LogP contribution in [0.3, 0.4) is 0 Å². The van der Waals surface area contributed by atoms with Crippen molar-refractivity contribution < 1.29 is 30.6 Å². The van der Waals surface area contributed by atoms with Crippen LogP contribution >= 0.6 is 0 Å². The third-order valence-corrected chi connectivity index (χ3v) is 6.57. The van der Waals surface area contributed by atoms with Crippen LogP contribution in [0, 0.1) is 0 Å². The van der Waals surface area contributed by atoms with E-state index in [0.717, 1.165) is 17.2 Å². The molecule has 5 atom stereocenters. The first-order valence-electron chi connectivity index (χ1n) is 11.8. The summed E-state index contributed by atoms with van der Waals surface area (Å²) in [6.07, 6.45) is -4.80. The topological polar surface area (TPSA) is 121 Å². The van der Waals surface area contributed by atoms with Crippen LogP contribution in [-0.4, -0.2) is 66.8 Å². The number of benzene rings is 2. The minimum Gasteiger partial charge on any atom is -0.394 e. The maximum atomic E-state index is 11.6. The molecule has 188 valence electrons. The van der Waals surface area contributed by atoms with E-state index >= 15 is 0 Å². The minimum atomic E-state index is -2.39. The highest BCUT2D eigenvalue weighted by Gasteiger charge is 2.53. The molecule has 0 saturated carbocycles. The maximum Gasteiger partial charge on any atom is 0.126 e. The van der Waals surface area contributed by atoms with Gasteiger partial charge in [-0.2, -0.15) is 0 Å². The summed E-state index contributed by atoms with van der Waals surface area (Å²) >= 11 is 0. The number of rotatable bonds is 12.